The number of fused-ring (bicyclic) bond motifs is 1. The molecule has 5 N–H and O–H groups in total. The molecule has 0 unspecified atom stereocenters. The molecule has 0 aliphatic carbocycles. The maximum Gasteiger partial charge on any atom is 0.334 e. The summed E-state index contributed by atoms with van der Waals surface area (Å²) in [6.07, 6.45) is -1.09. The summed E-state index contributed by atoms with van der Waals surface area (Å²) >= 11 is 0. The van der Waals surface area contributed by atoms with Gasteiger partial charge in [0.05, 0.1) is 19.1 Å². The number of aliphatic hydroxyl groups is 1. The molecule has 2 saturated heterocycles. The second-order valence-electron chi connectivity index (χ2n) is 14.3. The van der Waals surface area contributed by atoms with Crippen LogP contribution in [0.4, 0.5) is 0 Å². The third-order valence-corrected chi connectivity index (χ3v) is 9.95. The topological polar surface area (TPSA) is 207 Å². The molecular weight excluding hydrogens is 710 g/mol. The molecule has 2 aliphatic heterocycles. The van der Waals surface area contributed by atoms with Gasteiger partial charge in [0.2, 0.25) is 11.8 Å². The summed E-state index contributed by atoms with van der Waals surface area (Å²) in [7, 11) is 2.96. The molecule has 2 heterocycles. The maximum atomic E-state index is 14.3. The summed E-state index contributed by atoms with van der Waals surface area (Å²) in [6.45, 7) is 14.8. The molecular formula is C40H57N5O10. The van der Waals surface area contributed by atoms with Crippen molar-refractivity contribution in [2.75, 3.05) is 27.2 Å². The zero-order valence-corrected chi connectivity index (χ0v) is 32.9. The Hall–Kier alpha value is -5.02. The molecule has 2 fully saturated rings. The van der Waals surface area contributed by atoms with E-state index in [-0.39, 0.29) is 30.7 Å². The van der Waals surface area contributed by atoms with E-state index < -0.39 is 84.0 Å². The Morgan fingerprint density at radius 1 is 1.07 bits per heavy atom. The third kappa shape index (κ3) is 11.7. The molecule has 55 heavy (non-hydrogen) atoms. The van der Waals surface area contributed by atoms with Crippen LogP contribution in [0, 0.1) is 5.92 Å². The van der Waals surface area contributed by atoms with Gasteiger partial charge in [-0.1, -0.05) is 51.6 Å². The Balaban J connectivity index is 2.11. The largest absolute Gasteiger partial charge is 0.497 e. The van der Waals surface area contributed by atoms with Crippen LogP contribution in [0.3, 0.4) is 0 Å². The van der Waals surface area contributed by atoms with E-state index in [1.165, 1.54) is 24.0 Å². The predicted octanol–water partition coefficient (Wildman–Crippen LogP) is 2.42. The Kier molecular flexibility index (Phi) is 16.6. The van der Waals surface area contributed by atoms with E-state index in [1.807, 2.05) is 0 Å². The molecule has 0 aromatic heterocycles. The first kappa shape index (κ1) is 44.4. The number of carbonyl (C=O) groups excluding carboxylic acids is 6. The number of nitrogens with one attached hydrogen (secondary N) is 2. The van der Waals surface area contributed by atoms with Gasteiger partial charge in [-0.25, -0.2) is 4.79 Å². The number of nitrogens with two attached hydrogens (primary N) is 1. The second-order valence-corrected chi connectivity index (χ2v) is 14.3. The molecule has 2 aliphatic rings. The highest BCUT2D eigenvalue weighted by Gasteiger charge is 2.42. The van der Waals surface area contributed by atoms with Crippen LogP contribution < -0.4 is 21.1 Å². The highest BCUT2D eigenvalue weighted by molar-refractivity contribution is 5.99. The molecule has 4 amide bonds. The zero-order chi connectivity index (χ0) is 41.0. The van der Waals surface area contributed by atoms with Gasteiger partial charge in [0.1, 0.15) is 35.7 Å². The smallest absolute Gasteiger partial charge is 0.334 e. The summed E-state index contributed by atoms with van der Waals surface area (Å²) in [5.41, 5.74) is 6.56. The van der Waals surface area contributed by atoms with Gasteiger partial charge in [0, 0.05) is 25.7 Å². The first-order chi connectivity index (χ1) is 26.0. The Morgan fingerprint density at radius 3 is 2.35 bits per heavy atom. The average molecular weight is 768 g/mol. The quantitative estimate of drug-likeness (QED) is 0.163. The first-order valence-corrected chi connectivity index (χ1v) is 18.7. The van der Waals surface area contributed by atoms with Crippen molar-refractivity contribution < 1.29 is 48.1 Å². The number of carbonyl (C=O) groups is 6. The number of aliphatic hydroxyl groups excluding tert-OH is 1. The number of ether oxygens (including phenoxy) is 3. The van der Waals surface area contributed by atoms with Crippen molar-refractivity contribution in [2.24, 2.45) is 11.7 Å². The van der Waals surface area contributed by atoms with E-state index in [0.717, 1.165) is 0 Å². The molecule has 15 heteroatoms. The Bertz CT molecular complexity index is 1640. The molecule has 1 aromatic carbocycles. The highest BCUT2D eigenvalue weighted by Crippen LogP contribution is 2.25. The monoisotopic (exact) mass is 767 g/mol. The lowest BCUT2D eigenvalue weighted by Crippen LogP contribution is -2.57. The van der Waals surface area contributed by atoms with E-state index in [1.54, 1.807) is 52.0 Å². The van der Waals surface area contributed by atoms with E-state index >= 15 is 0 Å². The Labute approximate surface area is 323 Å². The van der Waals surface area contributed by atoms with Crippen molar-refractivity contribution in [3.63, 3.8) is 0 Å². The number of methoxy groups -OCH3 is 1. The van der Waals surface area contributed by atoms with E-state index in [9.17, 15) is 33.9 Å². The molecule has 0 bridgehead atoms. The minimum Gasteiger partial charge on any atom is -0.497 e. The molecule has 5 atom stereocenters. The SMILES string of the molecule is C=C1OC(=O)[C@H](Cc2ccc(OC)cc2)N(C)C(=O)[C@@H]2CCCN2C(=O)[C@H](CCCCN)NC(=O)[C@H](C(C)C)OC(=O)C[C@H](O)/C(=C(/C)CC)NC(=O)C1=C. The van der Waals surface area contributed by atoms with Crippen LogP contribution in [0.5, 0.6) is 5.75 Å². The molecule has 15 nitrogen and oxygen atoms in total. The molecule has 3 rings (SSSR count). The summed E-state index contributed by atoms with van der Waals surface area (Å²) in [5, 5.41) is 16.5. The number of hydrogen-bond acceptors (Lipinski definition) is 11. The normalized spacial score (nSPS) is 25.1. The van der Waals surface area contributed by atoms with Crippen LogP contribution in [0.1, 0.15) is 78.2 Å². The van der Waals surface area contributed by atoms with Crippen LogP contribution >= 0.6 is 0 Å². The number of rotatable bonds is 9. The minimum atomic E-state index is -1.56. The van der Waals surface area contributed by atoms with Crippen molar-refractivity contribution in [3.05, 3.63) is 65.6 Å². The maximum absolute atomic E-state index is 14.3. The summed E-state index contributed by atoms with van der Waals surface area (Å²) in [6, 6.07) is 3.59. The van der Waals surface area contributed by atoms with Gasteiger partial charge < -0.3 is 45.5 Å². The molecule has 1 aromatic rings. The fourth-order valence-electron chi connectivity index (χ4n) is 6.43. The van der Waals surface area contributed by atoms with Gasteiger partial charge >= 0.3 is 11.9 Å². The van der Waals surface area contributed by atoms with Crippen LogP contribution in [0.25, 0.3) is 0 Å². The van der Waals surface area contributed by atoms with Gasteiger partial charge in [-0.2, -0.15) is 0 Å². The van der Waals surface area contributed by atoms with Crippen molar-refractivity contribution >= 4 is 35.6 Å². The van der Waals surface area contributed by atoms with Gasteiger partial charge in [-0.15, -0.1) is 0 Å². The summed E-state index contributed by atoms with van der Waals surface area (Å²) in [4.78, 5) is 85.5. The number of likely N-dealkylation sites (N-methyl/N-ethyl adjacent to an activating group) is 1. The number of benzene rings is 1. The van der Waals surface area contributed by atoms with E-state index in [0.29, 0.717) is 55.5 Å². The van der Waals surface area contributed by atoms with Gasteiger partial charge in [-0.05, 0) is 75.6 Å². The number of esters is 2. The number of hydrogen-bond donors (Lipinski definition) is 4. The van der Waals surface area contributed by atoms with Crippen LogP contribution in [0.15, 0.2) is 60.0 Å². The van der Waals surface area contributed by atoms with Crippen LogP contribution in [-0.2, 0) is 44.7 Å². The fraction of sp³-hybridized carbons (Fsp3) is 0.550. The van der Waals surface area contributed by atoms with Crippen molar-refractivity contribution in [1.29, 1.82) is 0 Å². The summed E-state index contributed by atoms with van der Waals surface area (Å²) in [5.74, 6) is -4.82. The Morgan fingerprint density at radius 2 is 1.75 bits per heavy atom. The number of nitrogens with zero attached hydrogens (tertiary/aromatic N) is 2. The lowest BCUT2D eigenvalue weighted by atomic mass is 10.0. The lowest BCUT2D eigenvalue weighted by Gasteiger charge is -2.34. The number of amides is 4. The van der Waals surface area contributed by atoms with Gasteiger partial charge in [0.15, 0.2) is 6.10 Å². The standard InChI is InChI=1S/C40H57N5O10/c1-9-24(4)34-32(46)22-33(47)55-35(23(2)3)37(49)42-29(13-10-11-19-41)38(50)45-20-12-14-30(45)39(51)44(7)31(21-27-15-17-28(53-8)18-16-27)40(52)54-26(6)25(5)36(48)43-34/h15-18,23,29-32,35,46H,5-6,9-14,19-22,41H2,1-4,7-8H3,(H,42,49)(H,43,48)/b34-24+/t29-,30-,31-,32-,35-/m0/s1. The van der Waals surface area contributed by atoms with E-state index in [4.69, 9.17) is 19.9 Å². The lowest BCUT2D eigenvalue weighted by molar-refractivity contribution is -0.161. The average Bonchev–Trinajstić information content (AvgIpc) is 3.65. The highest BCUT2D eigenvalue weighted by atomic mass is 16.6. The zero-order valence-electron chi connectivity index (χ0n) is 32.9. The van der Waals surface area contributed by atoms with Crippen LogP contribution in [-0.4, -0.2) is 108 Å². The first-order valence-electron chi connectivity index (χ1n) is 18.7. The van der Waals surface area contributed by atoms with Crippen LogP contribution in [0.2, 0.25) is 0 Å². The van der Waals surface area contributed by atoms with Crippen molar-refractivity contribution in [1.82, 2.24) is 20.4 Å². The number of cyclic esters (lactones) is 2. The molecule has 0 saturated carbocycles. The third-order valence-electron chi connectivity index (χ3n) is 9.95. The predicted molar refractivity (Wildman–Crippen MR) is 204 cm³/mol. The molecule has 0 radical (unpaired) electrons. The van der Waals surface area contributed by atoms with Crippen molar-refractivity contribution in [2.45, 2.75) is 109 Å². The summed E-state index contributed by atoms with van der Waals surface area (Å²) < 4.78 is 16.4. The number of unbranched alkanes of at least 4 members (excludes halogenated alkanes) is 1. The molecule has 0 spiro atoms. The van der Waals surface area contributed by atoms with Gasteiger partial charge in [0.25, 0.3) is 11.8 Å². The van der Waals surface area contributed by atoms with E-state index in [2.05, 4.69) is 23.8 Å². The second kappa shape index (κ2) is 20.6. The molecule has 302 valence electrons. The number of allylic oxidation sites excluding steroid dienone is 1. The van der Waals surface area contributed by atoms with Gasteiger partial charge in [-0.3, -0.25) is 24.0 Å². The minimum absolute atomic E-state index is 0.00460. The fourth-order valence-corrected chi connectivity index (χ4v) is 6.43. The van der Waals surface area contributed by atoms with Crippen molar-refractivity contribution in [3.8, 4) is 5.75 Å².